The van der Waals surface area contributed by atoms with Crippen LogP contribution in [0.5, 0.6) is 0 Å². The Kier molecular flexibility index (Phi) is 6.88. The maximum atomic E-state index is 13.1. The summed E-state index contributed by atoms with van der Waals surface area (Å²) in [5.41, 5.74) is 5.91. The molecule has 3 rings (SSSR count). The predicted octanol–water partition coefficient (Wildman–Crippen LogP) is 3.05. The number of rotatable bonds is 9. The molecule has 0 radical (unpaired) electrons. The van der Waals surface area contributed by atoms with Gasteiger partial charge in [-0.25, -0.2) is 4.79 Å². The van der Waals surface area contributed by atoms with Crippen LogP contribution in [0.3, 0.4) is 0 Å². The van der Waals surface area contributed by atoms with Crippen molar-refractivity contribution in [1.82, 2.24) is 0 Å². The highest BCUT2D eigenvalue weighted by molar-refractivity contribution is 6.27. The molecule has 0 bridgehead atoms. The zero-order valence-electron chi connectivity index (χ0n) is 16.5. The van der Waals surface area contributed by atoms with E-state index in [1.165, 1.54) is 0 Å². The van der Waals surface area contributed by atoms with Crippen molar-refractivity contribution >= 4 is 17.5 Å². The fourth-order valence-corrected chi connectivity index (χ4v) is 3.06. The third kappa shape index (κ3) is 5.07. The van der Waals surface area contributed by atoms with Crippen molar-refractivity contribution in [3.63, 3.8) is 0 Å². The lowest BCUT2D eigenvalue weighted by Crippen LogP contribution is -2.62. The summed E-state index contributed by atoms with van der Waals surface area (Å²) in [6.45, 7) is -0.0736. The summed E-state index contributed by atoms with van der Waals surface area (Å²) in [4.78, 5) is 39.1. The second-order valence-corrected chi connectivity index (χ2v) is 7.04. The molecule has 0 heterocycles. The number of Topliss-reactive ketones (excluding diaryl/α,β-unsaturated/α-hetero) is 2. The van der Waals surface area contributed by atoms with Crippen LogP contribution in [0.1, 0.15) is 16.7 Å². The number of carbonyl (C=O) groups excluding carboxylic acids is 3. The second kappa shape index (κ2) is 9.76. The van der Waals surface area contributed by atoms with Crippen LogP contribution in [0, 0.1) is 0 Å². The Balaban J connectivity index is 1.83. The van der Waals surface area contributed by atoms with Crippen LogP contribution < -0.4 is 5.73 Å². The average Bonchev–Trinajstić information content (AvgIpc) is 2.78. The van der Waals surface area contributed by atoms with Crippen LogP contribution in [0.15, 0.2) is 91.0 Å². The fourth-order valence-electron chi connectivity index (χ4n) is 3.06. The molecule has 0 atom stereocenters. The van der Waals surface area contributed by atoms with Crippen LogP contribution in [-0.2, 0) is 38.6 Å². The number of ether oxygens (including phenoxy) is 1. The molecule has 0 saturated heterocycles. The van der Waals surface area contributed by atoms with E-state index in [0.29, 0.717) is 11.1 Å². The Hall–Kier alpha value is -3.57. The second-order valence-electron chi connectivity index (χ2n) is 7.04. The van der Waals surface area contributed by atoms with Gasteiger partial charge in [-0.2, -0.15) is 0 Å². The van der Waals surface area contributed by atoms with Crippen LogP contribution in [0.25, 0.3) is 0 Å². The van der Waals surface area contributed by atoms with Crippen LogP contribution >= 0.6 is 0 Å². The minimum Gasteiger partial charge on any atom is -0.459 e. The third-order valence-electron chi connectivity index (χ3n) is 4.83. The Labute approximate surface area is 175 Å². The molecule has 0 fully saturated rings. The Morgan fingerprint density at radius 1 is 0.633 bits per heavy atom. The molecule has 5 nitrogen and oxygen atoms in total. The normalized spacial score (nSPS) is 11.0. The topological polar surface area (TPSA) is 86.5 Å². The smallest absolute Gasteiger partial charge is 0.342 e. The van der Waals surface area contributed by atoms with Crippen LogP contribution in [0.4, 0.5) is 0 Å². The molecule has 3 aromatic rings. The highest BCUT2D eigenvalue weighted by atomic mass is 16.5. The Morgan fingerprint density at radius 3 is 1.40 bits per heavy atom. The maximum Gasteiger partial charge on any atom is 0.342 e. The van der Waals surface area contributed by atoms with Gasteiger partial charge in [0.1, 0.15) is 6.61 Å². The van der Waals surface area contributed by atoms with Gasteiger partial charge in [0.25, 0.3) is 0 Å². The molecule has 0 aliphatic rings. The molecule has 0 amide bonds. The molecule has 0 aromatic heterocycles. The first-order chi connectivity index (χ1) is 14.5. The minimum atomic E-state index is -2.37. The Bertz CT molecular complexity index is 948. The van der Waals surface area contributed by atoms with Gasteiger partial charge in [0.05, 0.1) is 0 Å². The molecule has 3 aromatic carbocycles. The van der Waals surface area contributed by atoms with Crippen molar-refractivity contribution in [2.45, 2.75) is 25.0 Å². The largest absolute Gasteiger partial charge is 0.459 e. The summed E-state index contributed by atoms with van der Waals surface area (Å²) in [7, 11) is 0. The van der Waals surface area contributed by atoms with Gasteiger partial charge in [-0.1, -0.05) is 91.0 Å². The number of esters is 1. The molecule has 5 heteroatoms. The van der Waals surface area contributed by atoms with E-state index in [1.54, 1.807) is 72.8 Å². The SMILES string of the molecule is NC(C(=O)Cc1ccccc1)(C(=O)Cc1ccccc1)C(=O)OCc1ccccc1. The predicted molar refractivity (Wildman–Crippen MR) is 113 cm³/mol. The van der Waals surface area contributed by atoms with E-state index in [9.17, 15) is 14.4 Å². The highest BCUT2D eigenvalue weighted by Gasteiger charge is 2.49. The molecule has 0 spiro atoms. The van der Waals surface area contributed by atoms with Gasteiger partial charge >= 0.3 is 5.97 Å². The lowest BCUT2D eigenvalue weighted by Gasteiger charge is -2.25. The number of hydrogen-bond acceptors (Lipinski definition) is 5. The maximum absolute atomic E-state index is 13.1. The van der Waals surface area contributed by atoms with Gasteiger partial charge in [-0.3, -0.25) is 9.59 Å². The summed E-state index contributed by atoms with van der Waals surface area (Å²) < 4.78 is 5.31. The molecule has 30 heavy (non-hydrogen) atoms. The molecule has 0 unspecified atom stereocenters. The van der Waals surface area contributed by atoms with Gasteiger partial charge in [0.2, 0.25) is 5.54 Å². The number of hydrogen-bond donors (Lipinski definition) is 1. The lowest BCUT2D eigenvalue weighted by molar-refractivity contribution is -0.158. The van der Waals surface area contributed by atoms with Gasteiger partial charge < -0.3 is 10.5 Å². The van der Waals surface area contributed by atoms with Crippen molar-refractivity contribution in [2.75, 3.05) is 0 Å². The number of carbonyl (C=O) groups is 3. The zero-order chi connectivity index (χ0) is 21.4. The fraction of sp³-hybridized carbons (Fsp3) is 0.160. The van der Waals surface area contributed by atoms with Crippen molar-refractivity contribution in [3.8, 4) is 0 Å². The quantitative estimate of drug-likeness (QED) is 0.440. The zero-order valence-corrected chi connectivity index (χ0v) is 16.5. The summed E-state index contributed by atoms with van der Waals surface area (Å²) >= 11 is 0. The highest BCUT2D eigenvalue weighted by Crippen LogP contribution is 2.17. The van der Waals surface area contributed by atoms with E-state index >= 15 is 0 Å². The number of benzene rings is 3. The minimum absolute atomic E-state index is 0.0736. The number of ketones is 2. The molecule has 2 N–H and O–H groups in total. The molecule has 0 aliphatic heterocycles. The Morgan fingerprint density at radius 2 is 1.00 bits per heavy atom. The van der Waals surface area contributed by atoms with Crippen LogP contribution in [-0.4, -0.2) is 23.1 Å². The summed E-state index contributed by atoms with van der Waals surface area (Å²) in [5, 5.41) is 0. The number of nitrogens with two attached hydrogens (primary N) is 1. The van der Waals surface area contributed by atoms with E-state index in [1.807, 2.05) is 18.2 Å². The van der Waals surface area contributed by atoms with E-state index in [4.69, 9.17) is 10.5 Å². The standard InChI is InChI=1S/C25H23NO4/c26-25(22(27)16-19-10-4-1-5-11-19,23(28)17-20-12-6-2-7-13-20)24(29)30-18-21-14-8-3-9-15-21/h1-15H,16-18,26H2. The van der Waals surface area contributed by atoms with E-state index in [-0.39, 0.29) is 19.4 Å². The lowest BCUT2D eigenvalue weighted by atomic mass is 9.84. The van der Waals surface area contributed by atoms with E-state index in [2.05, 4.69) is 0 Å². The molecule has 152 valence electrons. The first-order valence-corrected chi connectivity index (χ1v) is 9.64. The van der Waals surface area contributed by atoms with Crippen LogP contribution in [0.2, 0.25) is 0 Å². The van der Waals surface area contributed by atoms with Gasteiger partial charge in [-0.05, 0) is 16.7 Å². The molecule has 0 saturated carbocycles. The summed E-state index contributed by atoms with van der Waals surface area (Å²) in [6.07, 6.45) is -0.281. The van der Waals surface area contributed by atoms with Gasteiger partial charge in [-0.15, -0.1) is 0 Å². The van der Waals surface area contributed by atoms with Gasteiger partial charge in [0, 0.05) is 12.8 Å². The van der Waals surface area contributed by atoms with E-state index < -0.39 is 23.1 Å². The molecular formula is C25H23NO4. The summed E-state index contributed by atoms with van der Waals surface area (Å²) in [6, 6.07) is 26.7. The molecular weight excluding hydrogens is 378 g/mol. The first kappa shape index (κ1) is 21.1. The monoisotopic (exact) mass is 401 g/mol. The van der Waals surface area contributed by atoms with E-state index in [0.717, 1.165) is 5.56 Å². The van der Waals surface area contributed by atoms with Crippen molar-refractivity contribution in [3.05, 3.63) is 108 Å². The van der Waals surface area contributed by atoms with Crippen molar-refractivity contribution < 1.29 is 19.1 Å². The summed E-state index contributed by atoms with van der Waals surface area (Å²) in [5.74, 6) is -2.41. The average molecular weight is 401 g/mol. The van der Waals surface area contributed by atoms with Crippen molar-refractivity contribution in [2.24, 2.45) is 5.73 Å². The van der Waals surface area contributed by atoms with Crippen molar-refractivity contribution in [1.29, 1.82) is 0 Å². The van der Waals surface area contributed by atoms with Gasteiger partial charge in [0.15, 0.2) is 11.6 Å². The first-order valence-electron chi connectivity index (χ1n) is 9.64. The third-order valence-corrected chi connectivity index (χ3v) is 4.83. The molecule has 0 aliphatic carbocycles.